The van der Waals surface area contributed by atoms with Gasteiger partial charge in [-0.05, 0) is 101 Å². The van der Waals surface area contributed by atoms with E-state index in [4.69, 9.17) is 20.9 Å². The highest BCUT2D eigenvalue weighted by atomic mass is 16.6. The fourth-order valence-corrected chi connectivity index (χ4v) is 6.38. The van der Waals surface area contributed by atoms with Crippen molar-refractivity contribution in [1.82, 2.24) is 9.13 Å². The molecule has 4 aromatic rings. The van der Waals surface area contributed by atoms with Crippen molar-refractivity contribution in [1.29, 1.82) is 0 Å². The van der Waals surface area contributed by atoms with Gasteiger partial charge in [-0.2, -0.15) is 0 Å². The molecule has 0 saturated heterocycles. The van der Waals surface area contributed by atoms with Crippen LogP contribution in [0.3, 0.4) is 0 Å². The van der Waals surface area contributed by atoms with Crippen molar-refractivity contribution in [2.45, 2.75) is 102 Å². The molecule has 54 heavy (non-hydrogen) atoms. The second-order valence-electron chi connectivity index (χ2n) is 15.4. The zero-order chi connectivity index (χ0) is 39.1. The Labute approximate surface area is 320 Å². The highest BCUT2D eigenvalue weighted by Crippen LogP contribution is 2.19. The molecule has 290 valence electrons. The van der Waals surface area contributed by atoms with Gasteiger partial charge < -0.3 is 30.1 Å². The molecule has 0 unspecified atom stereocenters. The van der Waals surface area contributed by atoms with E-state index in [2.05, 4.69) is 24.3 Å². The standard InChI is InChI=1S/C44H58N4O6/c1-43(45,25-23-37-27-35(29-47(37)3)39(49)21-13-11-19-33-15-7-5-8-16-33)31-53-41(51)42(52)54-32-44(2,46)26-24-38-28-36(30-48(38)4)40(50)22-14-12-20-34-17-9-6-10-18-34/h5-10,15-18,27-30H,11-14,19-26,31-32,45-46H2,1-4H3/t43-,44-/m1/s1. The SMILES string of the molecule is Cn1cc(C(=O)CCCCc2ccccc2)cc1CC[C@@](C)(N)COC(=O)C(=O)OC[C@](C)(N)CCc1cc(C(=O)CCCCc2ccccc2)cn1C. The van der Waals surface area contributed by atoms with Crippen molar-refractivity contribution in [2.24, 2.45) is 25.6 Å². The molecule has 0 spiro atoms. The van der Waals surface area contributed by atoms with Crippen molar-refractivity contribution in [3.05, 3.63) is 119 Å². The van der Waals surface area contributed by atoms with Gasteiger partial charge in [0.25, 0.3) is 0 Å². The molecule has 0 fully saturated rings. The maximum atomic E-state index is 12.8. The zero-order valence-electron chi connectivity index (χ0n) is 32.5. The van der Waals surface area contributed by atoms with Crippen molar-refractivity contribution >= 4 is 23.5 Å². The molecule has 2 heterocycles. The van der Waals surface area contributed by atoms with E-state index in [1.165, 1.54) is 11.1 Å². The van der Waals surface area contributed by atoms with Crippen LogP contribution in [0.5, 0.6) is 0 Å². The van der Waals surface area contributed by atoms with Gasteiger partial charge >= 0.3 is 11.9 Å². The molecule has 4 N–H and O–H groups in total. The molecule has 0 aliphatic carbocycles. The van der Waals surface area contributed by atoms with Crippen molar-refractivity contribution in [3.8, 4) is 0 Å². The Morgan fingerprint density at radius 3 is 1.31 bits per heavy atom. The van der Waals surface area contributed by atoms with Crippen LogP contribution in [0.1, 0.15) is 108 Å². The van der Waals surface area contributed by atoms with E-state index in [0.29, 0.717) is 49.7 Å². The summed E-state index contributed by atoms with van der Waals surface area (Å²) in [5.41, 5.74) is 16.8. The van der Waals surface area contributed by atoms with E-state index in [9.17, 15) is 19.2 Å². The lowest BCUT2D eigenvalue weighted by atomic mass is 9.96. The Bertz CT molecular complexity index is 1690. The van der Waals surface area contributed by atoms with Gasteiger partial charge in [0.2, 0.25) is 0 Å². The molecule has 0 amide bonds. The first-order valence-corrected chi connectivity index (χ1v) is 19.1. The summed E-state index contributed by atoms with van der Waals surface area (Å²) in [6, 6.07) is 24.3. The fourth-order valence-electron chi connectivity index (χ4n) is 6.38. The summed E-state index contributed by atoms with van der Waals surface area (Å²) in [4.78, 5) is 50.6. The third-order valence-electron chi connectivity index (χ3n) is 9.92. The predicted octanol–water partition coefficient (Wildman–Crippen LogP) is 6.64. The van der Waals surface area contributed by atoms with Crippen molar-refractivity contribution in [2.75, 3.05) is 13.2 Å². The average Bonchev–Trinajstić information content (AvgIpc) is 3.73. The molecular formula is C44H58N4O6. The van der Waals surface area contributed by atoms with Crippen LogP contribution < -0.4 is 11.5 Å². The number of nitrogens with two attached hydrogens (primary N) is 2. The lowest BCUT2D eigenvalue weighted by Crippen LogP contribution is -2.45. The first-order chi connectivity index (χ1) is 25.7. The maximum absolute atomic E-state index is 12.8. The Kier molecular flexibility index (Phi) is 15.6. The number of unbranched alkanes of at least 4 members (excludes halogenated alkanes) is 2. The molecule has 0 aliphatic rings. The summed E-state index contributed by atoms with van der Waals surface area (Å²) in [6.07, 6.45) is 12.2. The van der Waals surface area contributed by atoms with Gasteiger partial charge in [0.15, 0.2) is 11.6 Å². The monoisotopic (exact) mass is 738 g/mol. The fraction of sp³-hybridized carbons (Fsp3) is 0.455. The Morgan fingerprint density at radius 2 is 0.944 bits per heavy atom. The normalized spacial score (nSPS) is 13.5. The van der Waals surface area contributed by atoms with Gasteiger partial charge in [-0.1, -0.05) is 60.7 Å². The van der Waals surface area contributed by atoms with Crippen LogP contribution in [-0.4, -0.2) is 56.9 Å². The van der Waals surface area contributed by atoms with Crippen LogP contribution >= 0.6 is 0 Å². The van der Waals surface area contributed by atoms with E-state index in [0.717, 1.165) is 49.9 Å². The third-order valence-corrected chi connectivity index (χ3v) is 9.92. The van der Waals surface area contributed by atoms with Gasteiger partial charge in [-0.3, -0.25) is 9.59 Å². The second kappa shape index (κ2) is 20.0. The number of carbonyl (C=O) groups is 4. The van der Waals surface area contributed by atoms with Gasteiger partial charge in [0.1, 0.15) is 13.2 Å². The molecular weight excluding hydrogens is 681 g/mol. The van der Waals surface area contributed by atoms with Crippen LogP contribution in [0.2, 0.25) is 0 Å². The lowest BCUT2D eigenvalue weighted by molar-refractivity contribution is -0.169. The number of ether oxygens (including phenoxy) is 2. The van der Waals surface area contributed by atoms with E-state index in [1.807, 2.05) is 84.2 Å². The number of aryl methyl sites for hydroxylation is 6. The van der Waals surface area contributed by atoms with Crippen LogP contribution in [0, 0.1) is 0 Å². The highest BCUT2D eigenvalue weighted by Gasteiger charge is 2.28. The minimum Gasteiger partial charge on any atom is -0.455 e. The number of hydrogen-bond donors (Lipinski definition) is 2. The minimum absolute atomic E-state index is 0.114. The summed E-state index contributed by atoms with van der Waals surface area (Å²) in [7, 11) is 3.79. The summed E-state index contributed by atoms with van der Waals surface area (Å²) in [5, 5.41) is 0. The van der Waals surface area contributed by atoms with E-state index in [-0.39, 0.29) is 24.8 Å². The van der Waals surface area contributed by atoms with Gasteiger partial charge in [-0.15, -0.1) is 0 Å². The number of esters is 2. The summed E-state index contributed by atoms with van der Waals surface area (Å²) in [6.45, 7) is 3.14. The summed E-state index contributed by atoms with van der Waals surface area (Å²) in [5.74, 6) is -2.03. The van der Waals surface area contributed by atoms with E-state index in [1.54, 1.807) is 13.8 Å². The maximum Gasteiger partial charge on any atom is 0.417 e. The molecule has 2 aromatic heterocycles. The zero-order valence-corrected chi connectivity index (χ0v) is 32.5. The van der Waals surface area contributed by atoms with Gasteiger partial charge in [0.05, 0.1) is 0 Å². The van der Waals surface area contributed by atoms with Crippen LogP contribution in [0.4, 0.5) is 0 Å². The smallest absolute Gasteiger partial charge is 0.417 e. The number of ketones is 2. The molecule has 0 aliphatic heterocycles. The first-order valence-electron chi connectivity index (χ1n) is 19.1. The molecule has 10 nitrogen and oxygen atoms in total. The molecule has 2 aromatic carbocycles. The highest BCUT2D eigenvalue weighted by molar-refractivity contribution is 6.29. The summed E-state index contributed by atoms with van der Waals surface area (Å²) >= 11 is 0. The third kappa shape index (κ3) is 13.9. The molecule has 0 radical (unpaired) electrons. The topological polar surface area (TPSA) is 149 Å². The number of aromatic nitrogens is 2. The molecule has 10 heteroatoms. The Morgan fingerprint density at radius 1 is 0.574 bits per heavy atom. The number of nitrogens with zero attached hydrogens (tertiary/aromatic N) is 2. The number of rotatable bonds is 22. The molecule has 2 atom stereocenters. The first kappa shape index (κ1) is 41.9. The van der Waals surface area contributed by atoms with E-state index >= 15 is 0 Å². The van der Waals surface area contributed by atoms with Crippen LogP contribution in [0.15, 0.2) is 85.2 Å². The van der Waals surface area contributed by atoms with Crippen LogP contribution in [-0.2, 0) is 58.8 Å². The van der Waals surface area contributed by atoms with Gasteiger partial charge in [-0.25, -0.2) is 9.59 Å². The van der Waals surface area contributed by atoms with Crippen molar-refractivity contribution in [3.63, 3.8) is 0 Å². The number of benzene rings is 2. The quantitative estimate of drug-likeness (QED) is 0.0395. The predicted molar refractivity (Wildman–Crippen MR) is 211 cm³/mol. The summed E-state index contributed by atoms with van der Waals surface area (Å²) < 4.78 is 14.3. The average molecular weight is 739 g/mol. The molecule has 4 rings (SSSR count). The second-order valence-corrected chi connectivity index (χ2v) is 15.4. The Hall–Kier alpha value is -4.80. The molecule has 0 saturated carbocycles. The Balaban J connectivity index is 1.13. The largest absolute Gasteiger partial charge is 0.455 e. The number of carbonyl (C=O) groups excluding carboxylic acids is 4. The van der Waals surface area contributed by atoms with E-state index < -0.39 is 23.0 Å². The van der Waals surface area contributed by atoms with Crippen molar-refractivity contribution < 1.29 is 28.7 Å². The minimum atomic E-state index is -1.13. The van der Waals surface area contributed by atoms with Gasteiger partial charge in [0, 0.05) is 72.9 Å². The lowest BCUT2D eigenvalue weighted by Gasteiger charge is -2.25. The molecule has 0 bridgehead atoms. The number of Topliss-reactive ketones (excluding diaryl/α,β-unsaturated/α-hetero) is 2. The van der Waals surface area contributed by atoms with Crippen LogP contribution in [0.25, 0.3) is 0 Å². The number of hydrogen-bond acceptors (Lipinski definition) is 8.